The van der Waals surface area contributed by atoms with Gasteiger partial charge in [-0.05, 0) is 6.07 Å². The van der Waals surface area contributed by atoms with Crippen LogP contribution in [0, 0.1) is 0 Å². The van der Waals surface area contributed by atoms with Crippen LogP contribution in [0.5, 0.6) is 0 Å². The highest BCUT2D eigenvalue weighted by atomic mass is 79.9. The van der Waals surface area contributed by atoms with E-state index in [0.717, 1.165) is 10.0 Å². The Morgan fingerprint density at radius 2 is 2.15 bits per heavy atom. The molecule has 4 heteroatoms. The Morgan fingerprint density at radius 1 is 1.38 bits per heavy atom. The van der Waals surface area contributed by atoms with Crippen LogP contribution < -0.4 is 0 Å². The summed E-state index contributed by atoms with van der Waals surface area (Å²) in [5, 5.41) is 3.68. The zero-order valence-corrected chi connectivity index (χ0v) is 8.24. The number of carbonyl (C=O) groups excluding carboxylic acids is 1. The summed E-state index contributed by atoms with van der Waals surface area (Å²) < 4.78 is 0.923. The van der Waals surface area contributed by atoms with E-state index in [0.29, 0.717) is 5.71 Å². The van der Waals surface area contributed by atoms with Crippen molar-refractivity contribution < 1.29 is 9.63 Å². The Labute approximate surface area is 83.5 Å². The predicted molar refractivity (Wildman–Crippen MR) is 51.4 cm³/mol. The minimum absolute atomic E-state index is 0.253. The van der Waals surface area contributed by atoms with Gasteiger partial charge in [0.1, 0.15) is 5.71 Å². The number of hydrogen-bond donors (Lipinski definition) is 0. The summed E-state index contributed by atoms with van der Waals surface area (Å²) in [5.41, 5.74) is 1.59. The summed E-state index contributed by atoms with van der Waals surface area (Å²) in [6.45, 7) is 0. The summed E-state index contributed by atoms with van der Waals surface area (Å²) in [5.74, 6) is -0.300. The molecule has 0 fully saturated rings. The van der Waals surface area contributed by atoms with Gasteiger partial charge in [0.15, 0.2) is 0 Å². The highest BCUT2D eigenvalue weighted by Gasteiger charge is 2.20. The van der Waals surface area contributed by atoms with Crippen molar-refractivity contribution in [3.05, 3.63) is 34.3 Å². The van der Waals surface area contributed by atoms with Crippen molar-refractivity contribution in [2.24, 2.45) is 5.16 Å². The standard InChI is InChI=1S/C9H6BrNO2/c10-7-4-2-1-3-6(7)8-5-9(12)13-11-8/h1-4H,5H2. The second-order valence-corrected chi connectivity index (χ2v) is 3.51. The van der Waals surface area contributed by atoms with Crippen LogP contribution in [0.1, 0.15) is 12.0 Å². The lowest BCUT2D eigenvalue weighted by atomic mass is 10.1. The van der Waals surface area contributed by atoms with Gasteiger partial charge in [-0.3, -0.25) is 0 Å². The molecule has 0 aliphatic carbocycles. The number of rotatable bonds is 1. The van der Waals surface area contributed by atoms with Crippen molar-refractivity contribution in [1.82, 2.24) is 0 Å². The summed E-state index contributed by atoms with van der Waals surface area (Å²) in [4.78, 5) is 15.3. The van der Waals surface area contributed by atoms with Crippen molar-refractivity contribution >= 4 is 27.6 Å². The SMILES string of the molecule is O=C1CC(c2ccccc2Br)=NO1. The molecule has 0 atom stereocenters. The molecular formula is C9H6BrNO2. The fraction of sp³-hybridized carbons (Fsp3) is 0.111. The molecule has 0 radical (unpaired) electrons. The van der Waals surface area contributed by atoms with Crippen molar-refractivity contribution in [2.75, 3.05) is 0 Å². The Hall–Kier alpha value is -1.16. The molecule has 0 aromatic heterocycles. The van der Waals surface area contributed by atoms with Gasteiger partial charge in [-0.1, -0.05) is 39.3 Å². The van der Waals surface area contributed by atoms with E-state index >= 15 is 0 Å². The van der Waals surface area contributed by atoms with Crippen LogP contribution in [0.3, 0.4) is 0 Å². The van der Waals surface area contributed by atoms with Gasteiger partial charge < -0.3 is 4.84 Å². The van der Waals surface area contributed by atoms with E-state index in [9.17, 15) is 4.79 Å². The smallest absolute Gasteiger partial charge is 0.318 e. The van der Waals surface area contributed by atoms with Gasteiger partial charge in [-0.2, -0.15) is 0 Å². The fourth-order valence-electron chi connectivity index (χ4n) is 1.15. The molecule has 1 aliphatic heterocycles. The van der Waals surface area contributed by atoms with E-state index in [1.807, 2.05) is 24.3 Å². The summed E-state index contributed by atoms with van der Waals surface area (Å²) in [7, 11) is 0. The Balaban J connectivity index is 2.37. The molecule has 0 saturated carbocycles. The number of nitrogens with zero attached hydrogens (tertiary/aromatic N) is 1. The van der Waals surface area contributed by atoms with E-state index < -0.39 is 0 Å². The van der Waals surface area contributed by atoms with E-state index in [1.165, 1.54) is 0 Å². The minimum Gasteiger partial charge on any atom is -0.318 e. The summed E-state index contributed by atoms with van der Waals surface area (Å²) >= 11 is 3.38. The molecule has 0 amide bonds. The van der Waals surface area contributed by atoms with Gasteiger partial charge >= 0.3 is 5.97 Å². The Bertz CT molecular complexity index is 387. The first-order valence-corrected chi connectivity index (χ1v) is 4.58. The van der Waals surface area contributed by atoms with Crippen LogP contribution >= 0.6 is 15.9 Å². The van der Waals surface area contributed by atoms with Gasteiger partial charge in [-0.25, -0.2) is 4.79 Å². The van der Waals surface area contributed by atoms with Crippen molar-refractivity contribution in [3.8, 4) is 0 Å². The number of hydrogen-bond acceptors (Lipinski definition) is 3. The first kappa shape index (κ1) is 8.44. The lowest BCUT2D eigenvalue weighted by molar-refractivity contribution is -0.140. The van der Waals surface area contributed by atoms with E-state index in [1.54, 1.807) is 0 Å². The van der Waals surface area contributed by atoms with Crippen LogP contribution in [0.2, 0.25) is 0 Å². The molecular weight excluding hydrogens is 234 g/mol. The quantitative estimate of drug-likeness (QED) is 0.705. The van der Waals surface area contributed by atoms with E-state index in [-0.39, 0.29) is 12.4 Å². The molecule has 3 nitrogen and oxygen atoms in total. The fourth-order valence-corrected chi connectivity index (χ4v) is 1.66. The zero-order valence-electron chi connectivity index (χ0n) is 6.66. The monoisotopic (exact) mass is 239 g/mol. The molecule has 1 heterocycles. The highest BCUT2D eigenvalue weighted by molar-refractivity contribution is 9.10. The molecule has 2 rings (SSSR count). The third-order valence-electron chi connectivity index (χ3n) is 1.75. The van der Waals surface area contributed by atoms with Gasteiger partial charge in [0.2, 0.25) is 0 Å². The Morgan fingerprint density at radius 3 is 2.77 bits per heavy atom. The highest BCUT2D eigenvalue weighted by Crippen LogP contribution is 2.20. The topological polar surface area (TPSA) is 38.7 Å². The normalized spacial score (nSPS) is 15.5. The molecule has 1 aliphatic rings. The molecule has 0 unspecified atom stereocenters. The molecule has 0 bridgehead atoms. The van der Waals surface area contributed by atoms with E-state index in [4.69, 9.17) is 0 Å². The molecule has 0 saturated heterocycles. The number of benzene rings is 1. The van der Waals surface area contributed by atoms with Crippen molar-refractivity contribution in [2.45, 2.75) is 6.42 Å². The van der Waals surface area contributed by atoms with Crippen LogP contribution in [0.15, 0.2) is 33.9 Å². The Kier molecular flexibility index (Phi) is 2.14. The van der Waals surface area contributed by atoms with Crippen LogP contribution in [0.4, 0.5) is 0 Å². The van der Waals surface area contributed by atoms with E-state index in [2.05, 4.69) is 25.9 Å². The van der Waals surface area contributed by atoms with Crippen LogP contribution in [-0.4, -0.2) is 11.7 Å². The minimum atomic E-state index is -0.300. The maximum Gasteiger partial charge on any atom is 0.341 e. The zero-order chi connectivity index (χ0) is 9.26. The van der Waals surface area contributed by atoms with Gasteiger partial charge in [-0.15, -0.1) is 0 Å². The maximum absolute atomic E-state index is 10.8. The first-order chi connectivity index (χ1) is 6.27. The van der Waals surface area contributed by atoms with Gasteiger partial charge in [0.25, 0.3) is 0 Å². The molecule has 1 aromatic carbocycles. The van der Waals surface area contributed by atoms with Crippen LogP contribution in [-0.2, 0) is 9.63 Å². The average molecular weight is 240 g/mol. The third kappa shape index (κ3) is 1.62. The number of halogens is 1. The predicted octanol–water partition coefficient (Wildman–Crippen LogP) is 2.10. The molecule has 13 heavy (non-hydrogen) atoms. The van der Waals surface area contributed by atoms with Crippen LogP contribution in [0.25, 0.3) is 0 Å². The van der Waals surface area contributed by atoms with Gasteiger partial charge in [0, 0.05) is 10.0 Å². The summed E-state index contributed by atoms with van der Waals surface area (Å²) in [6, 6.07) is 7.60. The molecule has 1 aromatic rings. The second kappa shape index (κ2) is 3.30. The largest absolute Gasteiger partial charge is 0.341 e. The molecule has 66 valence electrons. The van der Waals surface area contributed by atoms with Crippen molar-refractivity contribution in [1.29, 1.82) is 0 Å². The third-order valence-corrected chi connectivity index (χ3v) is 2.45. The molecule has 0 spiro atoms. The number of oxime groups is 1. The lowest BCUT2D eigenvalue weighted by Gasteiger charge is -1.99. The van der Waals surface area contributed by atoms with Crippen molar-refractivity contribution in [3.63, 3.8) is 0 Å². The second-order valence-electron chi connectivity index (χ2n) is 2.66. The molecule has 0 N–H and O–H groups in total. The maximum atomic E-state index is 10.8. The number of carbonyl (C=O) groups is 1. The van der Waals surface area contributed by atoms with Gasteiger partial charge in [0.05, 0.1) is 6.42 Å². The lowest BCUT2D eigenvalue weighted by Crippen LogP contribution is -2.01. The first-order valence-electron chi connectivity index (χ1n) is 3.79. The summed E-state index contributed by atoms with van der Waals surface area (Å²) in [6.07, 6.45) is 0.253. The average Bonchev–Trinajstić information content (AvgIpc) is 2.53.